The molecule has 0 unspecified atom stereocenters. The molecule has 1 amide bonds. The molecule has 2 fully saturated rings. The van der Waals surface area contributed by atoms with E-state index in [0.29, 0.717) is 5.06 Å². The molecular formula is C8H11NO5. The maximum atomic E-state index is 10.9. The van der Waals surface area contributed by atoms with Crippen LogP contribution in [-0.2, 0) is 9.59 Å². The maximum absolute atomic E-state index is 10.9. The second-order valence-corrected chi connectivity index (χ2v) is 3.86. The Bertz CT molecular complexity index is 301. The number of rotatable bonds is 0. The largest absolute Gasteiger partial charge is 0.356 e. The molecule has 2 rings (SSSR count). The van der Waals surface area contributed by atoms with Crippen LogP contribution in [0.5, 0.6) is 0 Å². The molecule has 1 saturated heterocycles. The zero-order chi connectivity index (χ0) is 10.6. The van der Waals surface area contributed by atoms with Gasteiger partial charge < -0.3 is 10.2 Å². The van der Waals surface area contributed by atoms with Gasteiger partial charge in [-0.05, 0) is 12.8 Å². The smallest absolute Gasteiger partial charge is 0.309 e. The number of Topliss-reactive ketones (excluding diaryl/α,β-unsaturated/α-hetero) is 1. The number of nitrogens with zero attached hydrogens (tertiary/aromatic N) is 1. The molecule has 0 aromatic heterocycles. The summed E-state index contributed by atoms with van der Waals surface area (Å²) in [5.74, 6) is -3.62. The first-order valence-electron chi connectivity index (χ1n) is 4.42. The fourth-order valence-corrected chi connectivity index (χ4v) is 2.14. The number of aliphatic hydroxyl groups is 2. The summed E-state index contributed by atoms with van der Waals surface area (Å²) < 4.78 is 0. The van der Waals surface area contributed by atoms with Crippen LogP contribution in [0.25, 0.3) is 0 Å². The number of hydrogen-bond acceptors (Lipinski definition) is 5. The second kappa shape index (κ2) is 2.53. The minimum atomic E-state index is -2.51. The van der Waals surface area contributed by atoms with E-state index in [2.05, 4.69) is 0 Å². The maximum Gasteiger partial charge on any atom is 0.309 e. The van der Waals surface area contributed by atoms with Gasteiger partial charge in [-0.15, -0.1) is 0 Å². The predicted molar refractivity (Wildman–Crippen MR) is 42.0 cm³/mol. The van der Waals surface area contributed by atoms with Gasteiger partial charge in [-0.2, -0.15) is 0 Å². The Balaban J connectivity index is 2.25. The molecule has 0 aromatic carbocycles. The van der Waals surface area contributed by atoms with Crippen LogP contribution in [0.3, 0.4) is 0 Å². The molecule has 1 saturated carbocycles. The first-order chi connectivity index (χ1) is 6.42. The highest BCUT2D eigenvalue weighted by Crippen LogP contribution is 2.47. The summed E-state index contributed by atoms with van der Waals surface area (Å²) in [6.45, 7) is 0. The van der Waals surface area contributed by atoms with Gasteiger partial charge in [0, 0.05) is 12.8 Å². The van der Waals surface area contributed by atoms with Crippen molar-refractivity contribution in [1.29, 1.82) is 0 Å². The third-order valence-electron chi connectivity index (χ3n) is 3.18. The number of carbonyl (C=O) groups excluding carboxylic acids is 2. The summed E-state index contributed by atoms with van der Waals surface area (Å²) in [6.07, 6.45) is 0.516. The van der Waals surface area contributed by atoms with Gasteiger partial charge in [-0.1, -0.05) is 0 Å². The number of β-lactam (4-membered cyclic amide) rings is 1. The average molecular weight is 201 g/mol. The van der Waals surface area contributed by atoms with Crippen molar-refractivity contribution in [2.45, 2.75) is 37.0 Å². The van der Waals surface area contributed by atoms with Crippen LogP contribution < -0.4 is 0 Å². The fraction of sp³-hybridized carbons (Fsp3) is 0.750. The normalized spacial score (nSPS) is 29.2. The van der Waals surface area contributed by atoms with Gasteiger partial charge in [0.05, 0.1) is 0 Å². The number of carbonyl (C=O) groups is 2. The molecule has 1 aliphatic carbocycles. The van der Waals surface area contributed by atoms with Crippen LogP contribution in [-0.4, -0.2) is 43.5 Å². The zero-order valence-corrected chi connectivity index (χ0v) is 7.43. The number of amides is 1. The van der Waals surface area contributed by atoms with E-state index in [1.54, 1.807) is 0 Å². The lowest BCUT2D eigenvalue weighted by Gasteiger charge is -2.57. The van der Waals surface area contributed by atoms with Gasteiger partial charge in [0.15, 0.2) is 0 Å². The Morgan fingerprint density at radius 2 is 1.64 bits per heavy atom. The Labute approximate surface area is 79.7 Å². The Hall–Kier alpha value is -0.980. The molecular weight excluding hydrogens is 190 g/mol. The molecule has 0 bridgehead atoms. The summed E-state index contributed by atoms with van der Waals surface area (Å²) in [7, 11) is 0. The Morgan fingerprint density at radius 3 is 2.07 bits per heavy atom. The van der Waals surface area contributed by atoms with Gasteiger partial charge in [-0.3, -0.25) is 14.8 Å². The van der Waals surface area contributed by atoms with E-state index in [0.717, 1.165) is 0 Å². The van der Waals surface area contributed by atoms with Crippen molar-refractivity contribution >= 4 is 11.7 Å². The van der Waals surface area contributed by atoms with Crippen molar-refractivity contribution < 1.29 is 25.0 Å². The van der Waals surface area contributed by atoms with E-state index in [1.807, 2.05) is 0 Å². The SMILES string of the molecule is O=C1CCC2(CC1)N(O)C(=O)C2(O)O. The quantitative estimate of drug-likeness (QED) is 0.259. The standard InChI is InChI=1S/C8H11NO5/c10-5-1-3-7(4-2-5)8(12,13)6(11)9(7)14/h12-14H,1-4H2. The topological polar surface area (TPSA) is 98.1 Å². The predicted octanol–water partition coefficient (Wildman–Crippen LogP) is -1.22. The Kier molecular flexibility index (Phi) is 1.73. The summed E-state index contributed by atoms with van der Waals surface area (Å²) >= 11 is 0. The number of hydrogen-bond donors (Lipinski definition) is 3. The molecule has 0 atom stereocenters. The van der Waals surface area contributed by atoms with Gasteiger partial charge in [0.1, 0.15) is 11.3 Å². The van der Waals surface area contributed by atoms with Crippen LogP contribution in [0, 0.1) is 0 Å². The molecule has 78 valence electrons. The third kappa shape index (κ3) is 0.853. The third-order valence-corrected chi connectivity index (χ3v) is 3.18. The first kappa shape index (κ1) is 9.57. The van der Waals surface area contributed by atoms with Crippen LogP contribution in [0.2, 0.25) is 0 Å². The number of hydroxylamine groups is 2. The van der Waals surface area contributed by atoms with Crippen molar-refractivity contribution in [2.24, 2.45) is 0 Å². The van der Waals surface area contributed by atoms with Gasteiger partial charge >= 0.3 is 5.91 Å². The van der Waals surface area contributed by atoms with Gasteiger partial charge in [0.25, 0.3) is 5.79 Å². The van der Waals surface area contributed by atoms with E-state index in [9.17, 15) is 25.0 Å². The second-order valence-electron chi connectivity index (χ2n) is 3.86. The van der Waals surface area contributed by atoms with Crippen molar-refractivity contribution in [3.63, 3.8) is 0 Å². The van der Waals surface area contributed by atoms with Crippen molar-refractivity contribution in [3.05, 3.63) is 0 Å². The summed E-state index contributed by atoms with van der Waals surface area (Å²) in [5, 5.41) is 28.4. The molecule has 1 heterocycles. The average Bonchev–Trinajstić information content (AvgIpc) is 2.17. The highest BCUT2D eigenvalue weighted by atomic mass is 16.6. The van der Waals surface area contributed by atoms with Crippen LogP contribution in [0.4, 0.5) is 0 Å². The van der Waals surface area contributed by atoms with Crippen molar-refractivity contribution in [3.8, 4) is 0 Å². The minimum absolute atomic E-state index is 0.0131. The molecule has 1 spiro atoms. The summed E-state index contributed by atoms with van der Waals surface area (Å²) in [4.78, 5) is 21.9. The van der Waals surface area contributed by atoms with E-state index in [-0.39, 0.29) is 31.5 Å². The van der Waals surface area contributed by atoms with E-state index in [1.165, 1.54) is 0 Å². The molecule has 14 heavy (non-hydrogen) atoms. The molecule has 3 N–H and O–H groups in total. The van der Waals surface area contributed by atoms with Crippen LogP contribution >= 0.6 is 0 Å². The monoisotopic (exact) mass is 201 g/mol. The molecule has 2 aliphatic rings. The molecule has 6 nitrogen and oxygen atoms in total. The molecule has 0 radical (unpaired) electrons. The van der Waals surface area contributed by atoms with Gasteiger partial charge in [-0.25, -0.2) is 5.06 Å². The lowest BCUT2D eigenvalue weighted by Crippen LogP contribution is -2.82. The molecule has 6 heteroatoms. The fourth-order valence-electron chi connectivity index (χ4n) is 2.14. The van der Waals surface area contributed by atoms with Crippen LogP contribution in [0.1, 0.15) is 25.7 Å². The minimum Gasteiger partial charge on any atom is -0.356 e. The Morgan fingerprint density at radius 1 is 1.14 bits per heavy atom. The van der Waals surface area contributed by atoms with Crippen molar-refractivity contribution in [1.82, 2.24) is 5.06 Å². The summed E-state index contributed by atoms with van der Waals surface area (Å²) in [6, 6.07) is 0. The lowest BCUT2D eigenvalue weighted by molar-refractivity contribution is -0.361. The van der Waals surface area contributed by atoms with Gasteiger partial charge in [0.2, 0.25) is 0 Å². The van der Waals surface area contributed by atoms with E-state index in [4.69, 9.17) is 0 Å². The van der Waals surface area contributed by atoms with E-state index < -0.39 is 17.2 Å². The molecule has 1 aliphatic heterocycles. The van der Waals surface area contributed by atoms with Crippen LogP contribution in [0.15, 0.2) is 0 Å². The molecule has 0 aromatic rings. The first-order valence-corrected chi connectivity index (χ1v) is 4.42. The highest BCUT2D eigenvalue weighted by molar-refractivity contribution is 5.93. The van der Waals surface area contributed by atoms with E-state index >= 15 is 0 Å². The number of ketones is 1. The van der Waals surface area contributed by atoms with Crippen molar-refractivity contribution in [2.75, 3.05) is 0 Å². The summed E-state index contributed by atoms with van der Waals surface area (Å²) in [5.41, 5.74) is -1.36. The highest BCUT2D eigenvalue weighted by Gasteiger charge is 2.71. The zero-order valence-electron chi connectivity index (χ0n) is 7.43. The lowest BCUT2D eigenvalue weighted by atomic mass is 9.69.